The summed E-state index contributed by atoms with van der Waals surface area (Å²) in [6.45, 7) is 15.9. The zero-order valence-corrected chi connectivity index (χ0v) is 11.5. The van der Waals surface area contributed by atoms with Crippen LogP contribution in [0.4, 0.5) is 0 Å². The molecule has 0 aliphatic rings. The van der Waals surface area contributed by atoms with E-state index in [2.05, 4.69) is 56.3 Å². The van der Waals surface area contributed by atoms with Crippen LogP contribution in [0.15, 0.2) is 0 Å². The maximum Gasteiger partial charge on any atom is 0.140 e. The molecule has 0 radical (unpaired) electrons. The Bertz CT molecular complexity index is 366. The minimum absolute atomic E-state index is 0.247. The summed E-state index contributed by atoms with van der Waals surface area (Å²) >= 11 is 0. The van der Waals surface area contributed by atoms with Crippen LogP contribution in [-0.4, -0.2) is 7.85 Å². The molecule has 0 saturated heterocycles. The number of hydrogen-bond donors (Lipinski definition) is 0. The van der Waals surface area contributed by atoms with Crippen LogP contribution in [0.3, 0.4) is 0 Å². The average molecular weight is 202 g/mol. The van der Waals surface area contributed by atoms with E-state index in [1.165, 1.54) is 33.3 Å². The Balaban J connectivity index is 3.68. The van der Waals surface area contributed by atoms with Crippen molar-refractivity contribution < 1.29 is 0 Å². The molecule has 0 aliphatic heterocycles. The van der Waals surface area contributed by atoms with E-state index in [-0.39, 0.29) is 5.41 Å². The molecule has 0 nitrogen and oxygen atoms in total. The predicted octanol–water partition coefficient (Wildman–Crippen LogP) is 2.48. The maximum atomic E-state index is 2.30. The van der Waals surface area contributed by atoms with Crippen LogP contribution in [0.2, 0.25) is 0 Å². The van der Waals surface area contributed by atoms with Gasteiger partial charge in [0.1, 0.15) is 7.85 Å². The van der Waals surface area contributed by atoms with Gasteiger partial charge >= 0.3 is 0 Å². The average Bonchev–Trinajstić information content (AvgIpc) is 2.09. The first-order valence-corrected chi connectivity index (χ1v) is 5.75. The SMILES string of the molecule is Bc1c(C)c(C)c(C)c(C(C)(C)C)c1C. The van der Waals surface area contributed by atoms with Crippen LogP contribution >= 0.6 is 0 Å². The van der Waals surface area contributed by atoms with E-state index in [4.69, 9.17) is 0 Å². The van der Waals surface area contributed by atoms with E-state index >= 15 is 0 Å². The van der Waals surface area contributed by atoms with E-state index in [9.17, 15) is 0 Å². The standard InChI is InChI=1S/C14H23B/c1-8-9(2)12(14(5,6)7)11(4)13(15)10(8)3/h15H2,1-7H3. The molecular weight excluding hydrogens is 179 g/mol. The summed E-state index contributed by atoms with van der Waals surface area (Å²) in [7, 11) is 2.24. The van der Waals surface area contributed by atoms with Crippen LogP contribution in [0, 0.1) is 27.7 Å². The van der Waals surface area contributed by atoms with Crippen LogP contribution in [-0.2, 0) is 5.41 Å². The Labute approximate surface area is 95.5 Å². The fraction of sp³-hybridized carbons (Fsp3) is 0.571. The Morgan fingerprint density at radius 1 is 0.733 bits per heavy atom. The van der Waals surface area contributed by atoms with Crippen molar-refractivity contribution in [1.82, 2.24) is 0 Å². The van der Waals surface area contributed by atoms with Gasteiger partial charge in [-0.3, -0.25) is 0 Å². The highest BCUT2D eigenvalue weighted by Gasteiger charge is 2.21. The van der Waals surface area contributed by atoms with Crippen LogP contribution in [0.25, 0.3) is 0 Å². The number of benzene rings is 1. The first-order chi connectivity index (χ1) is 6.68. The molecule has 0 saturated carbocycles. The highest BCUT2D eigenvalue weighted by molar-refractivity contribution is 6.34. The molecule has 0 unspecified atom stereocenters. The van der Waals surface area contributed by atoms with E-state index in [1.54, 1.807) is 0 Å². The van der Waals surface area contributed by atoms with Crippen molar-refractivity contribution in [2.75, 3.05) is 0 Å². The van der Waals surface area contributed by atoms with Gasteiger partial charge in [-0.15, -0.1) is 0 Å². The van der Waals surface area contributed by atoms with Gasteiger partial charge < -0.3 is 0 Å². The van der Waals surface area contributed by atoms with Gasteiger partial charge in [-0.2, -0.15) is 0 Å². The van der Waals surface area contributed by atoms with Gasteiger partial charge in [0.25, 0.3) is 0 Å². The molecule has 0 fully saturated rings. The predicted molar refractivity (Wildman–Crippen MR) is 72.3 cm³/mol. The van der Waals surface area contributed by atoms with Gasteiger partial charge in [-0.05, 0) is 49.8 Å². The lowest BCUT2D eigenvalue weighted by molar-refractivity contribution is 0.581. The van der Waals surface area contributed by atoms with Crippen molar-refractivity contribution in [3.05, 3.63) is 27.8 Å². The maximum absolute atomic E-state index is 2.30. The lowest BCUT2D eigenvalue weighted by Crippen LogP contribution is -2.24. The zero-order valence-electron chi connectivity index (χ0n) is 11.5. The number of rotatable bonds is 0. The van der Waals surface area contributed by atoms with Crippen LogP contribution < -0.4 is 5.46 Å². The summed E-state index contributed by atoms with van der Waals surface area (Å²) in [5.74, 6) is 0. The lowest BCUT2D eigenvalue weighted by atomic mass is 9.73. The molecule has 0 spiro atoms. The molecule has 0 N–H and O–H groups in total. The van der Waals surface area contributed by atoms with Gasteiger partial charge in [0, 0.05) is 0 Å². The largest absolute Gasteiger partial charge is 0.140 e. The van der Waals surface area contributed by atoms with Crippen molar-refractivity contribution in [2.45, 2.75) is 53.9 Å². The molecular formula is C14H23B. The molecule has 0 atom stereocenters. The molecule has 0 bridgehead atoms. The van der Waals surface area contributed by atoms with Gasteiger partial charge in [0.2, 0.25) is 0 Å². The van der Waals surface area contributed by atoms with E-state index < -0.39 is 0 Å². The first kappa shape index (κ1) is 12.4. The smallest absolute Gasteiger partial charge is 0.0827 e. The normalized spacial score (nSPS) is 11.9. The van der Waals surface area contributed by atoms with Crippen molar-refractivity contribution in [3.63, 3.8) is 0 Å². The molecule has 0 heterocycles. The van der Waals surface area contributed by atoms with Gasteiger partial charge in [0.05, 0.1) is 0 Å². The fourth-order valence-corrected chi connectivity index (χ4v) is 2.62. The summed E-state index contributed by atoms with van der Waals surface area (Å²) in [5.41, 5.74) is 9.11. The Morgan fingerprint density at radius 2 is 1.20 bits per heavy atom. The molecule has 82 valence electrons. The van der Waals surface area contributed by atoms with Crippen molar-refractivity contribution in [1.29, 1.82) is 0 Å². The summed E-state index contributed by atoms with van der Waals surface area (Å²) in [4.78, 5) is 0. The topological polar surface area (TPSA) is 0 Å². The Kier molecular flexibility index (Phi) is 3.05. The minimum atomic E-state index is 0.247. The molecule has 1 aromatic carbocycles. The fourth-order valence-electron chi connectivity index (χ4n) is 2.62. The van der Waals surface area contributed by atoms with Crippen molar-refractivity contribution in [2.24, 2.45) is 0 Å². The second-order valence-electron chi connectivity index (χ2n) is 5.75. The van der Waals surface area contributed by atoms with Crippen molar-refractivity contribution >= 4 is 13.3 Å². The summed E-state index contributed by atoms with van der Waals surface area (Å²) < 4.78 is 0. The molecule has 1 rings (SSSR count). The third-order valence-electron chi connectivity index (χ3n) is 3.75. The lowest BCUT2D eigenvalue weighted by Gasteiger charge is -2.28. The quantitative estimate of drug-likeness (QED) is 0.567. The highest BCUT2D eigenvalue weighted by atomic mass is 14.3. The van der Waals surface area contributed by atoms with Crippen LogP contribution in [0.5, 0.6) is 0 Å². The van der Waals surface area contributed by atoms with Gasteiger partial charge in [-0.25, -0.2) is 0 Å². The minimum Gasteiger partial charge on any atom is -0.0827 e. The molecule has 15 heavy (non-hydrogen) atoms. The van der Waals surface area contributed by atoms with E-state index in [0.717, 1.165) is 0 Å². The Hall–Kier alpha value is -0.715. The third kappa shape index (κ3) is 1.97. The monoisotopic (exact) mass is 202 g/mol. The molecule has 1 heteroatoms. The molecule has 0 amide bonds. The third-order valence-corrected chi connectivity index (χ3v) is 3.75. The highest BCUT2D eigenvalue weighted by Crippen LogP contribution is 2.30. The summed E-state index contributed by atoms with van der Waals surface area (Å²) in [6, 6.07) is 0. The van der Waals surface area contributed by atoms with E-state index in [0.29, 0.717) is 0 Å². The molecule has 0 aromatic heterocycles. The van der Waals surface area contributed by atoms with Crippen molar-refractivity contribution in [3.8, 4) is 0 Å². The van der Waals surface area contributed by atoms with Gasteiger partial charge in [0.15, 0.2) is 0 Å². The second-order valence-corrected chi connectivity index (χ2v) is 5.75. The second kappa shape index (κ2) is 3.70. The first-order valence-electron chi connectivity index (χ1n) is 5.75. The summed E-state index contributed by atoms with van der Waals surface area (Å²) in [6.07, 6.45) is 0. The van der Waals surface area contributed by atoms with Gasteiger partial charge in [-0.1, -0.05) is 37.4 Å². The molecule has 0 aliphatic carbocycles. The molecule has 1 aromatic rings. The van der Waals surface area contributed by atoms with E-state index in [1.807, 2.05) is 0 Å². The zero-order chi connectivity index (χ0) is 12.0. The van der Waals surface area contributed by atoms with Crippen LogP contribution in [0.1, 0.15) is 48.6 Å². The summed E-state index contributed by atoms with van der Waals surface area (Å²) in [5, 5.41) is 0. The number of hydrogen-bond acceptors (Lipinski definition) is 0. The Morgan fingerprint density at radius 3 is 1.60 bits per heavy atom.